The molecule has 2 saturated carbocycles. The number of unbranched alkanes of at least 4 members (excludes halogenated alkanes) is 2. The first kappa shape index (κ1) is 19.8. The molecule has 26 heavy (non-hydrogen) atoms. The van der Waals surface area contributed by atoms with Gasteiger partial charge in [0, 0.05) is 0 Å². The molecule has 2 aliphatic carbocycles. The first-order valence-corrected chi connectivity index (χ1v) is 10.7. The van der Waals surface area contributed by atoms with Gasteiger partial charge in [-0.15, -0.1) is 0 Å². The fourth-order valence-electron chi connectivity index (χ4n) is 5.37. The molecule has 1 aromatic carbocycles. The molecular formula is C23H33F3. The summed E-state index contributed by atoms with van der Waals surface area (Å²) in [6.45, 7) is 2.27. The van der Waals surface area contributed by atoms with Gasteiger partial charge >= 0.3 is 0 Å². The van der Waals surface area contributed by atoms with Gasteiger partial charge in [0.05, 0.1) is 0 Å². The van der Waals surface area contributed by atoms with Crippen LogP contribution in [0.1, 0.15) is 95.5 Å². The monoisotopic (exact) mass is 366 g/mol. The van der Waals surface area contributed by atoms with Crippen molar-refractivity contribution in [3.05, 3.63) is 35.1 Å². The minimum atomic E-state index is -1.35. The number of benzene rings is 1. The topological polar surface area (TPSA) is 0 Å². The maximum absolute atomic E-state index is 13.5. The second kappa shape index (κ2) is 9.28. The highest BCUT2D eigenvalue weighted by molar-refractivity contribution is 5.23. The third kappa shape index (κ3) is 4.84. The standard InChI is InChI=1S/C23H33F3/c1-2-3-4-5-16-6-8-17(9-7-16)18-10-12-19(13-11-18)20-14-21(24)23(26)22(25)15-20/h14-19H,2-13H2,1H3. The maximum atomic E-state index is 13.5. The van der Waals surface area contributed by atoms with Gasteiger partial charge in [0.2, 0.25) is 0 Å². The first-order chi connectivity index (χ1) is 12.6. The lowest BCUT2D eigenvalue weighted by Gasteiger charge is -2.38. The molecule has 0 aromatic heterocycles. The molecule has 3 heteroatoms. The Balaban J connectivity index is 1.46. The number of hydrogen-bond acceptors (Lipinski definition) is 0. The average molecular weight is 367 g/mol. The summed E-state index contributed by atoms with van der Waals surface area (Å²) in [5.74, 6) is -0.705. The van der Waals surface area contributed by atoms with E-state index in [1.54, 1.807) is 0 Å². The summed E-state index contributed by atoms with van der Waals surface area (Å²) in [7, 11) is 0. The molecular weight excluding hydrogens is 333 g/mol. The lowest BCUT2D eigenvalue weighted by molar-refractivity contribution is 0.155. The second-order valence-corrected chi connectivity index (χ2v) is 8.69. The van der Waals surface area contributed by atoms with Crippen LogP contribution in [0.3, 0.4) is 0 Å². The van der Waals surface area contributed by atoms with E-state index in [4.69, 9.17) is 0 Å². The lowest BCUT2D eigenvalue weighted by Crippen LogP contribution is -2.25. The van der Waals surface area contributed by atoms with Gasteiger partial charge in [-0.2, -0.15) is 0 Å². The predicted molar refractivity (Wildman–Crippen MR) is 101 cm³/mol. The molecule has 0 saturated heterocycles. The fourth-order valence-corrected chi connectivity index (χ4v) is 5.37. The predicted octanol–water partition coefficient (Wildman–Crippen LogP) is 7.76. The maximum Gasteiger partial charge on any atom is 0.194 e. The largest absolute Gasteiger partial charge is 0.204 e. The Hall–Kier alpha value is -0.990. The van der Waals surface area contributed by atoms with Gasteiger partial charge in [-0.05, 0) is 79.9 Å². The van der Waals surface area contributed by atoms with E-state index in [1.807, 2.05) is 0 Å². The summed E-state index contributed by atoms with van der Waals surface area (Å²) < 4.78 is 40.2. The average Bonchev–Trinajstić information content (AvgIpc) is 2.67. The van der Waals surface area contributed by atoms with E-state index in [9.17, 15) is 13.2 Å². The highest BCUT2D eigenvalue weighted by Crippen LogP contribution is 2.44. The van der Waals surface area contributed by atoms with Gasteiger partial charge < -0.3 is 0 Å². The summed E-state index contributed by atoms with van der Waals surface area (Å²) in [6, 6.07) is 2.40. The smallest absolute Gasteiger partial charge is 0.194 e. The highest BCUT2D eigenvalue weighted by atomic mass is 19.2. The molecule has 1 aromatic rings. The molecule has 0 nitrogen and oxygen atoms in total. The van der Waals surface area contributed by atoms with Crippen LogP contribution >= 0.6 is 0 Å². The van der Waals surface area contributed by atoms with Crippen molar-refractivity contribution in [1.82, 2.24) is 0 Å². The summed E-state index contributed by atoms with van der Waals surface area (Å²) in [6.07, 6.45) is 15.2. The van der Waals surface area contributed by atoms with Crippen LogP contribution in [0, 0.1) is 35.2 Å². The first-order valence-electron chi connectivity index (χ1n) is 10.7. The minimum Gasteiger partial charge on any atom is -0.204 e. The van der Waals surface area contributed by atoms with E-state index in [0.29, 0.717) is 5.56 Å². The zero-order valence-electron chi connectivity index (χ0n) is 16.1. The zero-order chi connectivity index (χ0) is 18.5. The number of rotatable bonds is 6. The molecule has 0 aliphatic heterocycles. The van der Waals surface area contributed by atoms with Crippen LogP contribution in [-0.2, 0) is 0 Å². The molecule has 0 bridgehead atoms. The van der Waals surface area contributed by atoms with Crippen LogP contribution in [-0.4, -0.2) is 0 Å². The van der Waals surface area contributed by atoms with E-state index in [0.717, 1.165) is 43.4 Å². The molecule has 146 valence electrons. The molecule has 3 rings (SSSR count). The Morgan fingerprint density at radius 1 is 0.769 bits per heavy atom. The molecule has 0 amide bonds. The van der Waals surface area contributed by atoms with Gasteiger partial charge in [-0.1, -0.05) is 45.4 Å². The minimum absolute atomic E-state index is 0.182. The SMILES string of the molecule is CCCCCC1CCC(C2CCC(c3cc(F)c(F)c(F)c3)CC2)CC1. The molecule has 0 unspecified atom stereocenters. The van der Waals surface area contributed by atoms with E-state index in [1.165, 1.54) is 63.5 Å². The summed E-state index contributed by atoms with van der Waals surface area (Å²) in [5.41, 5.74) is 0.638. The third-order valence-electron chi connectivity index (χ3n) is 7.02. The van der Waals surface area contributed by atoms with Crippen molar-refractivity contribution in [3.63, 3.8) is 0 Å². The van der Waals surface area contributed by atoms with E-state index < -0.39 is 17.5 Å². The van der Waals surface area contributed by atoms with Gasteiger partial charge in [-0.25, -0.2) is 13.2 Å². The van der Waals surface area contributed by atoms with Gasteiger partial charge in [0.1, 0.15) is 0 Å². The summed E-state index contributed by atoms with van der Waals surface area (Å²) in [5, 5.41) is 0. The van der Waals surface area contributed by atoms with E-state index >= 15 is 0 Å². The summed E-state index contributed by atoms with van der Waals surface area (Å²) in [4.78, 5) is 0. The van der Waals surface area contributed by atoms with Crippen molar-refractivity contribution in [3.8, 4) is 0 Å². The normalized spacial score (nSPS) is 29.7. The van der Waals surface area contributed by atoms with Gasteiger partial charge in [0.25, 0.3) is 0 Å². The van der Waals surface area contributed by atoms with Gasteiger partial charge in [-0.3, -0.25) is 0 Å². The molecule has 0 heterocycles. The Labute approximate surface area is 156 Å². The van der Waals surface area contributed by atoms with Crippen LogP contribution in [0.2, 0.25) is 0 Å². The van der Waals surface area contributed by atoms with Crippen LogP contribution in [0.5, 0.6) is 0 Å². The second-order valence-electron chi connectivity index (χ2n) is 8.69. The molecule has 0 atom stereocenters. The van der Waals surface area contributed by atoms with E-state index in [-0.39, 0.29) is 5.92 Å². The van der Waals surface area contributed by atoms with Crippen LogP contribution in [0.4, 0.5) is 13.2 Å². The van der Waals surface area contributed by atoms with Crippen molar-refractivity contribution in [1.29, 1.82) is 0 Å². The zero-order valence-corrected chi connectivity index (χ0v) is 16.1. The van der Waals surface area contributed by atoms with Crippen molar-refractivity contribution < 1.29 is 13.2 Å². The van der Waals surface area contributed by atoms with Crippen LogP contribution < -0.4 is 0 Å². The van der Waals surface area contributed by atoms with Gasteiger partial charge in [0.15, 0.2) is 17.5 Å². The molecule has 0 N–H and O–H groups in total. The highest BCUT2D eigenvalue weighted by Gasteiger charge is 2.31. The van der Waals surface area contributed by atoms with E-state index in [2.05, 4.69) is 6.92 Å². The molecule has 0 radical (unpaired) electrons. The summed E-state index contributed by atoms with van der Waals surface area (Å²) >= 11 is 0. The molecule has 0 spiro atoms. The fraction of sp³-hybridized carbons (Fsp3) is 0.739. The number of halogens is 3. The van der Waals surface area contributed by atoms with Crippen molar-refractivity contribution in [2.24, 2.45) is 17.8 Å². The lowest BCUT2D eigenvalue weighted by atomic mass is 9.68. The van der Waals surface area contributed by atoms with Crippen molar-refractivity contribution in [2.75, 3.05) is 0 Å². The Morgan fingerprint density at radius 2 is 1.31 bits per heavy atom. The molecule has 2 aliphatic rings. The molecule has 2 fully saturated rings. The Bertz CT molecular complexity index is 544. The van der Waals surface area contributed by atoms with Crippen molar-refractivity contribution >= 4 is 0 Å². The Kier molecular flexibility index (Phi) is 7.05. The van der Waals surface area contributed by atoms with Crippen molar-refractivity contribution in [2.45, 2.75) is 89.9 Å². The third-order valence-corrected chi connectivity index (χ3v) is 7.02. The van der Waals surface area contributed by atoms with Crippen LogP contribution in [0.25, 0.3) is 0 Å². The van der Waals surface area contributed by atoms with Crippen LogP contribution in [0.15, 0.2) is 12.1 Å². The number of hydrogen-bond donors (Lipinski definition) is 0. The quantitative estimate of drug-likeness (QED) is 0.356. The Morgan fingerprint density at radius 3 is 1.85 bits per heavy atom.